The molecule has 1 amide bonds. The second-order valence-electron chi connectivity index (χ2n) is 9.43. The van der Waals surface area contributed by atoms with E-state index in [1.807, 2.05) is 0 Å². The molecule has 0 spiro atoms. The third-order valence-electron chi connectivity index (χ3n) is 6.22. The number of aryl methyl sites for hydroxylation is 2. The number of rotatable bonds is 9. The van der Waals surface area contributed by atoms with Crippen molar-refractivity contribution in [2.24, 2.45) is 5.10 Å². The number of hydrogen-bond donors (Lipinski definition) is 5. The third-order valence-corrected chi connectivity index (χ3v) is 8.02. The summed E-state index contributed by atoms with van der Waals surface area (Å²) in [4.78, 5) is 48.5. The van der Waals surface area contributed by atoms with E-state index >= 15 is 0 Å². The second-order valence-corrected chi connectivity index (χ2v) is 12.2. The van der Waals surface area contributed by atoms with Crippen LogP contribution in [0.5, 0.6) is 0 Å². The lowest BCUT2D eigenvalue weighted by atomic mass is 10.1. The van der Waals surface area contributed by atoms with Crippen LogP contribution in [-0.2, 0) is 29.8 Å². The monoisotopic (exact) mass is 658 g/mol. The summed E-state index contributed by atoms with van der Waals surface area (Å²) in [5, 5.41) is 25.8. The molecule has 0 fully saturated rings. The fraction of sp³-hybridized carbons (Fsp3) is 0.0741. The Bertz CT molecular complexity index is 2190. The number of anilines is 1. The van der Waals surface area contributed by atoms with Crippen molar-refractivity contribution in [3.05, 3.63) is 99.0 Å². The van der Waals surface area contributed by atoms with Gasteiger partial charge in [-0.05, 0) is 61.4 Å². The van der Waals surface area contributed by atoms with E-state index in [9.17, 15) is 55.3 Å². The predicted octanol–water partition coefficient (Wildman–Crippen LogP) is 1.96. The van der Waals surface area contributed by atoms with Gasteiger partial charge < -0.3 is 10.2 Å². The Morgan fingerprint density at radius 3 is 1.91 bits per heavy atom. The summed E-state index contributed by atoms with van der Waals surface area (Å²) >= 11 is 0. The number of carboxylic acids is 2. The lowest BCUT2D eigenvalue weighted by molar-refractivity contribution is -0.129. The molecular weight excluding hydrogens is 636 g/mol. The molecule has 3 aromatic rings. The molecule has 0 saturated carbocycles. The molecule has 1 aliphatic heterocycles. The zero-order valence-corrected chi connectivity index (χ0v) is 24.7. The molecule has 0 aliphatic carbocycles. The number of allylic oxidation sites excluding steroid dienone is 4. The van der Waals surface area contributed by atoms with Gasteiger partial charge in [-0.25, -0.2) is 14.3 Å². The molecule has 0 bridgehead atoms. The number of aromatic nitrogens is 2. The number of hydrogen-bond acceptors (Lipinski definition) is 9. The normalized spacial score (nSPS) is 15.0. The fourth-order valence-corrected chi connectivity index (χ4v) is 5.53. The van der Waals surface area contributed by atoms with E-state index in [0.717, 1.165) is 30.4 Å². The summed E-state index contributed by atoms with van der Waals surface area (Å²) < 4.78 is 67.2. The van der Waals surface area contributed by atoms with E-state index in [2.05, 4.69) is 10.2 Å². The summed E-state index contributed by atoms with van der Waals surface area (Å²) in [6, 6.07) is 7.24. The first-order valence-corrected chi connectivity index (χ1v) is 15.3. The third kappa shape index (κ3) is 6.58. The Balaban J connectivity index is 1.71. The maximum Gasteiger partial charge on any atom is 0.357 e. The quantitative estimate of drug-likeness (QED) is 0.126. The van der Waals surface area contributed by atoms with Gasteiger partial charge in [0.2, 0.25) is 0 Å². The van der Waals surface area contributed by atoms with Crippen molar-refractivity contribution in [2.75, 3.05) is 5.01 Å². The van der Waals surface area contributed by atoms with E-state index < -0.39 is 76.0 Å². The number of nitrogens with one attached hydrogen (secondary N) is 1. The van der Waals surface area contributed by atoms with Crippen molar-refractivity contribution in [1.29, 1.82) is 0 Å². The Morgan fingerprint density at radius 2 is 1.38 bits per heavy atom. The van der Waals surface area contributed by atoms with E-state index in [1.165, 1.54) is 36.4 Å². The summed E-state index contributed by atoms with van der Waals surface area (Å²) in [7, 11) is -9.63. The molecule has 0 unspecified atom stereocenters. The number of H-pyrrole nitrogens is 1. The maximum absolute atomic E-state index is 13.1. The van der Waals surface area contributed by atoms with Crippen molar-refractivity contribution in [3.63, 3.8) is 0 Å². The fourth-order valence-electron chi connectivity index (χ4n) is 4.22. The number of benzene rings is 2. The smallest absolute Gasteiger partial charge is 0.357 e. The van der Waals surface area contributed by atoms with Crippen LogP contribution in [0.2, 0.25) is 0 Å². The molecule has 5 N–H and O–H groups in total. The molecule has 16 nitrogen and oxygen atoms in total. The second kappa shape index (κ2) is 11.9. The number of aromatic carboxylic acids is 1. The van der Waals surface area contributed by atoms with E-state index in [4.69, 9.17) is 0 Å². The van der Waals surface area contributed by atoms with Gasteiger partial charge in [-0.3, -0.25) is 23.8 Å². The lowest BCUT2D eigenvalue weighted by Crippen LogP contribution is -2.24. The average Bonchev–Trinajstić information content (AvgIpc) is 3.43. The predicted molar refractivity (Wildman–Crippen MR) is 158 cm³/mol. The minimum absolute atomic E-state index is 0.333. The molecule has 2 heterocycles. The molecule has 234 valence electrons. The summed E-state index contributed by atoms with van der Waals surface area (Å²) in [6.07, 6.45) is 5.62. The summed E-state index contributed by atoms with van der Waals surface area (Å²) in [5.41, 5.74) is -3.00. The van der Waals surface area contributed by atoms with E-state index in [1.54, 1.807) is 13.8 Å². The van der Waals surface area contributed by atoms with Gasteiger partial charge in [0.15, 0.2) is 11.4 Å². The Kier molecular flexibility index (Phi) is 8.61. The molecule has 0 radical (unpaired) electrons. The van der Waals surface area contributed by atoms with Crippen molar-refractivity contribution < 1.29 is 50.5 Å². The zero-order chi connectivity index (χ0) is 33.4. The van der Waals surface area contributed by atoms with E-state index in [0.29, 0.717) is 20.8 Å². The van der Waals surface area contributed by atoms with Crippen molar-refractivity contribution >= 4 is 55.6 Å². The molecule has 4 rings (SSSR count). The highest BCUT2D eigenvalue weighted by Crippen LogP contribution is 2.31. The molecule has 1 aliphatic rings. The van der Waals surface area contributed by atoms with Crippen molar-refractivity contribution in [1.82, 2.24) is 9.78 Å². The first-order chi connectivity index (χ1) is 20.9. The lowest BCUT2D eigenvalue weighted by Gasteiger charge is -2.15. The number of amides is 1. The Hall–Kier alpha value is -5.43. The van der Waals surface area contributed by atoms with Gasteiger partial charge in [-0.15, -0.1) is 0 Å². The van der Waals surface area contributed by atoms with Crippen LogP contribution in [0.3, 0.4) is 0 Å². The van der Waals surface area contributed by atoms with Crippen LogP contribution in [0.15, 0.2) is 86.0 Å². The van der Waals surface area contributed by atoms with Crippen LogP contribution >= 0.6 is 0 Å². The van der Waals surface area contributed by atoms with Crippen molar-refractivity contribution in [2.45, 2.75) is 23.6 Å². The topological polar surface area (TPSA) is 254 Å². The zero-order valence-electron chi connectivity index (χ0n) is 23.1. The molecule has 0 atom stereocenters. The number of aliphatic carboxylic acids is 1. The van der Waals surface area contributed by atoms with Crippen LogP contribution in [-0.4, -0.2) is 69.5 Å². The van der Waals surface area contributed by atoms with Gasteiger partial charge in [0.05, 0.1) is 22.5 Å². The highest BCUT2D eigenvalue weighted by Gasteiger charge is 2.37. The largest absolute Gasteiger partial charge is 0.477 e. The number of hydrazone groups is 1. The van der Waals surface area contributed by atoms with Crippen molar-refractivity contribution in [3.8, 4) is 5.69 Å². The summed E-state index contributed by atoms with van der Waals surface area (Å²) in [5.74, 6) is -4.23. The average molecular weight is 659 g/mol. The Labute approximate surface area is 254 Å². The standard InChI is InChI=1S/C27H22N4O12S2/c1-14-8-10-20(44(38,39)40)18(12-14)30-24(32)16(22(28-30)26(34)35)6-4-3-5-7-17-23(27(36)37)29-31(25(17)33)19-13-15(2)9-11-21(19)45(41,42)43/h3-13,28H,1-2H3,(H,34,35)(H,36,37)(H,38,39,40)(H,41,42,43). The summed E-state index contributed by atoms with van der Waals surface area (Å²) in [6.45, 7) is 3.14. The number of nitrogens with zero attached hydrogens (tertiary/aromatic N) is 3. The van der Waals surface area contributed by atoms with Crippen LogP contribution < -0.4 is 10.6 Å². The number of aromatic amines is 1. The van der Waals surface area contributed by atoms with Gasteiger partial charge in [-0.2, -0.15) is 26.9 Å². The first-order valence-electron chi connectivity index (χ1n) is 12.4. The SMILES string of the molecule is Cc1ccc(S(=O)(=O)O)c(N2N=C(C(=O)O)C(=CC=CC=Cc3c(C(=O)O)[nH]n(-c4cc(C)ccc4S(=O)(=O)O)c3=O)C2=O)c1. The maximum atomic E-state index is 13.1. The molecule has 18 heteroatoms. The highest BCUT2D eigenvalue weighted by atomic mass is 32.2. The first kappa shape index (κ1) is 32.5. The molecular formula is C27H22N4O12S2. The van der Waals surface area contributed by atoms with Crippen LogP contribution in [0.25, 0.3) is 11.8 Å². The number of carbonyl (C=O) groups is 3. The number of carboxylic acid groups (broad SMARTS) is 2. The molecule has 1 aromatic heterocycles. The number of carbonyl (C=O) groups excluding carboxylic acids is 1. The van der Waals surface area contributed by atoms with Gasteiger partial charge in [-0.1, -0.05) is 30.4 Å². The van der Waals surface area contributed by atoms with Gasteiger partial charge in [0.1, 0.15) is 9.79 Å². The highest BCUT2D eigenvalue weighted by molar-refractivity contribution is 7.86. The molecule has 2 aromatic carbocycles. The van der Waals surface area contributed by atoms with Crippen LogP contribution in [0.4, 0.5) is 5.69 Å². The minimum atomic E-state index is -4.83. The van der Waals surface area contributed by atoms with Gasteiger partial charge >= 0.3 is 11.9 Å². The van der Waals surface area contributed by atoms with Crippen LogP contribution in [0, 0.1) is 13.8 Å². The van der Waals surface area contributed by atoms with Crippen LogP contribution in [0.1, 0.15) is 27.2 Å². The Morgan fingerprint density at radius 1 is 0.822 bits per heavy atom. The molecule has 0 saturated heterocycles. The van der Waals surface area contributed by atoms with Gasteiger partial charge in [0, 0.05) is 0 Å². The molecule has 45 heavy (non-hydrogen) atoms. The minimum Gasteiger partial charge on any atom is -0.477 e. The van der Waals surface area contributed by atoms with E-state index in [-0.39, 0.29) is 11.4 Å². The van der Waals surface area contributed by atoms with Gasteiger partial charge in [0.25, 0.3) is 31.7 Å².